The third-order valence-corrected chi connectivity index (χ3v) is 5.78. The lowest BCUT2D eigenvalue weighted by atomic mass is 10.3. The summed E-state index contributed by atoms with van der Waals surface area (Å²) in [6.07, 6.45) is 1.88. The molecule has 0 bridgehead atoms. The number of nitrogens with zero attached hydrogens (tertiary/aromatic N) is 2. The Morgan fingerprint density at radius 3 is 2.88 bits per heavy atom. The van der Waals surface area contributed by atoms with Gasteiger partial charge in [0, 0.05) is 4.88 Å². The highest BCUT2D eigenvalue weighted by Gasteiger charge is 2.11. The first-order valence-corrected chi connectivity index (χ1v) is 9.95. The molecule has 0 saturated heterocycles. The molecule has 10 heteroatoms. The molecule has 0 fully saturated rings. The van der Waals surface area contributed by atoms with Gasteiger partial charge in [0.05, 0.1) is 25.0 Å². The van der Waals surface area contributed by atoms with E-state index in [1.165, 1.54) is 34.4 Å². The molecule has 3 rings (SSSR count). The summed E-state index contributed by atoms with van der Waals surface area (Å²) in [6, 6.07) is 7.38. The number of rotatable bonds is 8. The van der Waals surface area contributed by atoms with Gasteiger partial charge in [-0.2, -0.15) is 0 Å². The van der Waals surface area contributed by atoms with E-state index in [4.69, 9.17) is 4.42 Å². The Kier molecular flexibility index (Phi) is 6.20. The smallest absolute Gasteiger partial charge is 0.231 e. The molecule has 2 amide bonds. The molecule has 0 radical (unpaired) electrons. The molecule has 0 aliphatic rings. The number of anilines is 1. The topological polar surface area (TPSA) is 97.1 Å². The van der Waals surface area contributed by atoms with Crippen LogP contribution in [-0.4, -0.2) is 27.8 Å². The van der Waals surface area contributed by atoms with E-state index >= 15 is 0 Å². The zero-order chi connectivity index (χ0) is 17.5. The molecule has 3 aromatic rings. The number of nitrogens with one attached hydrogen (secondary N) is 2. The Balaban J connectivity index is 1.40. The molecule has 3 aromatic heterocycles. The Bertz CT molecular complexity index is 815. The highest BCUT2D eigenvalue weighted by atomic mass is 32.2. The number of carbonyl (C=O) groups excluding carboxylic acids is 2. The maximum absolute atomic E-state index is 11.9. The second kappa shape index (κ2) is 8.79. The SMILES string of the molecule is O=C(CSc1nnc(NC(=O)Cc2cccs2)s1)NCc1ccco1. The summed E-state index contributed by atoms with van der Waals surface area (Å²) in [6.45, 7) is 0.354. The monoisotopic (exact) mass is 394 g/mol. The zero-order valence-corrected chi connectivity index (χ0v) is 15.4. The van der Waals surface area contributed by atoms with Gasteiger partial charge in [0.25, 0.3) is 0 Å². The van der Waals surface area contributed by atoms with Crippen molar-refractivity contribution in [2.45, 2.75) is 17.3 Å². The number of aromatic nitrogens is 2. The molecule has 0 aliphatic heterocycles. The molecule has 7 nitrogen and oxygen atoms in total. The van der Waals surface area contributed by atoms with Gasteiger partial charge in [-0.15, -0.1) is 21.5 Å². The highest BCUT2D eigenvalue weighted by Crippen LogP contribution is 2.25. The average Bonchev–Trinajstić information content (AvgIpc) is 3.34. The second-order valence-corrected chi connectivity index (χ2v) is 8.05. The number of amides is 2. The van der Waals surface area contributed by atoms with E-state index in [2.05, 4.69) is 20.8 Å². The van der Waals surface area contributed by atoms with Crippen molar-refractivity contribution in [2.75, 3.05) is 11.1 Å². The highest BCUT2D eigenvalue weighted by molar-refractivity contribution is 8.01. The number of carbonyl (C=O) groups is 2. The van der Waals surface area contributed by atoms with Gasteiger partial charge in [-0.3, -0.25) is 9.59 Å². The van der Waals surface area contributed by atoms with Crippen molar-refractivity contribution in [3.8, 4) is 0 Å². The van der Waals surface area contributed by atoms with Crippen LogP contribution in [0.4, 0.5) is 5.13 Å². The number of furan rings is 1. The summed E-state index contributed by atoms with van der Waals surface area (Å²) in [4.78, 5) is 24.7. The van der Waals surface area contributed by atoms with Gasteiger partial charge in [-0.05, 0) is 23.6 Å². The van der Waals surface area contributed by atoms with E-state index in [9.17, 15) is 9.59 Å². The van der Waals surface area contributed by atoms with Crippen molar-refractivity contribution in [1.29, 1.82) is 0 Å². The van der Waals surface area contributed by atoms with Crippen LogP contribution < -0.4 is 10.6 Å². The number of thiophene rings is 1. The quantitative estimate of drug-likeness (QED) is 0.450. The van der Waals surface area contributed by atoms with Crippen LogP contribution in [0.2, 0.25) is 0 Å². The van der Waals surface area contributed by atoms with Crippen molar-refractivity contribution >= 4 is 51.4 Å². The minimum absolute atomic E-state index is 0.125. The first-order chi connectivity index (χ1) is 12.2. The minimum Gasteiger partial charge on any atom is -0.467 e. The molecule has 25 heavy (non-hydrogen) atoms. The van der Waals surface area contributed by atoms with Crippen LogP contribution >= 0.6 is 34.4 Å². The standard InChI is InChI=1S/C15H14N4O3S3/c20-12(7-11-4-2-6-23-11)17-14-18-19-15(25-14)24-9-13(21)16-8-10-3-1-5-22-10/h1-6H,7-9H2,(H,16,21)(H,17,18,20). The molecule has 130 valence electrons. The summed E-state index contributed by atoms with van der Waals surface area (Å²) in [5.74, 6) is 0.662. The molecule has 0 atom stereocenters. The Morgan fingerprint density at radius 2 is 2.12 bits per heavy atom. The molecular weight excluding hydrogens is 380 g/mol. The molecule has 2 N–H and O–H groups in total. The van der Waals surface area contributed by atoms with Crippen LogP contribution in [-0.2, 0) is 22.6 Å². The lowest BCUT2D eigenvalue weighted by Crippen LogP contribution is -2.24. The number of thioether (sulfide) groups is 1. The molecule has 0 saturated carbocycles. The first-order valence-electron chi connectivity index (χ1n) is 7.26. The van der Waals surface area contributed by atoms with Crippen molar-refractivity contribution in [2.24, 2.45) is 0 Å². The predicted molar refractivity (Wildman–Crippen MR) is 97.8 cm³/mol. The van der Waals surface area contributed by atoms with Gasteiger partial charge in [-0.25, -0.2) is 0 Å². The van der Waals surface area contributed by atoms with Crippen LogP contribution in [0.15, 0.2) is 44.7 Å². The average molecular weight is 395 g/mol. The van der Waals surface area contributed by atoms with Gasteiger partial charge in [-0.1, -0.05) is 29.2 Å². The summed E-state index contributed by atoms with van der Waals surface area (Å²) >= 11 is 4.05. The molecule has 0 spiro atoms. The fourth-order valence-electron chi connectivity index (χ4n) is 1.83. The number of hydrogen-bond donors (Lipinski definition) is 2. The van der Waals surface area contributed by atoms with Gasteiger partial charge in [0.2, 0.25) is 16.9 Å². The molecule has 0 unspecified atom stereocenters. The van der Waals surface area contributed by atoms with Gasteiger partial charge in [0.1, 0.15) is 5.76 Å². The summed E-state index contributed by atoms with van der Waals surface area (Å²) in [5, 5.41) is 15.7. The third-order valence-electron chi connectivity index (χ3n) is 2.93. The molecule has 0 aromatic carbocycles. The number of hydrogen-bond acceptors (Lipinski definition) is 8. The maximum Gasteiger partial charge on any atom is 0.231 e. The lowest BCUT2D eigenvalue weighted by molar-refractivity contribution is -0.119. The Morgan fingerprint density at radius 1 is 1.20 bits per heavy atom. The van der Waals surface area contributed by atoms with Crippen molar-refractivity contribution < 1.29 is 14.0 Å². The van der Waals surface area contributed by atoms with Crippen molar-refractivity contribution in [3.05, 3.63) is 46.5 Å². The van der Waals surface area contributed by atoms with E-state index < -0.39 is 0 Å². The molecule has 3 heterocycles. The van der Waals surface area contributed by atoms with E-state index in [0.29, 0.717) is 28.2 Å². The van der Waals surface area contributed by atoms with Crippen molar-refractivity contribution in [1.82, 2.24) is 15.5 Å². The van der Waals surface area contributed by atoms with E-state index in [0.717, 1.165) is 4.88 Å². The normalized spacial score (nSPS) is 10.6. The third kappa shape index (κ3) is 5.69. The van der Waals surface area contributed by atoms with Crippen LogP contribution in [0, 0.1) is 0 Å². The van der Waals surface area contributed by atoms with Gasteiger partial charge in [0.15, 0.2) is 4.34 Å². The minimum atomic E-state index is -0.133. The molecule has 0 aliphatic carbocycles. The van der Waals surface area contributed by atoms with Crippen molar-refractivity contribution in [3.63, 3.8) is 0 Å². The zero-order valence-electron chi connectivity index (χ0n) is 12.9. The first kappa shape index (κ1) is 17.6. The van der Waals surface area contributed by atoms with Gasteiger partial charge >= 0.3 is 0 Å². The summed E-state index contributed by atoms with van der Waals surface area (Å²) in [5.41, 5.74) is 0. The predicted octanol–water partition coefficient (Wildman–Crippen LogP) is 2.78. The lowest BCUT2D eigenvalue weighted by Gasteiger charge is -2.01. The fourth-order valence-corrected chi connectivity index (χ4v) is 4.13. The summed E-state index contributed by atoms with van der Waals surface area (Å²) in [7, 11) is 0. The summed E-state index contributed by atoms with van der Waals surface area (Å²) < 4.78 is 5.77. The maximum atomic E-state index is 11.9. The van der Waals surface area contributed by atoms with E-state index in [1.54, 1.807) is 18.4 Å². The van der Waals surface area contributed by atoms with Crippen LogP contribution in [0.3, 0.4) is 0 Å². The van der Waals surface area contributed by atoms with Crippen LogP contribution in [0.25, 0.3) is 0 Å². The Labute approximate surface area is 155 Å². The van der Waals surface area contributed by atoms with E-state index in [1.807, 2.05) is 17.5 Å². The van der Waals surface area contributed by atoms with Crippen LogP contribution in [0.1, 0.15) is 10.6 Å². The largest absolute Gasteiger partial charge is 0.467 e. The fraction of sp³-hybridized carbons (Fsp3) is 0.200. The van der Waals surface area contributed by atoms with Crippen LogP contribution in [0.5, 0.6) is 0 Å². The van der Waals surface area contributed by atoms with Gasteiger partial charge < -0.3 is 15.1 Å². The molecular formula is C15H14N4O3S3. The second-order valence-electron chi connectivity index (χ2n) is 4.82. The van der Waals surface area contributed by atoms with E-state index in [-0.39, 0.29) is 17.6 Å². The Hall–Kier alpha value is -2.17.